The standard InChI is InChI=1S/C17H28N2O2S/c1-10(2)14(15(20)21-3)18-16(22)19-17-7-11-4-12(8-17)6-13(5-11)9-17/h10-14H,4-9H2,1-3H3,(H2,18,19,22). The smallest absolute Gasteiger partial charge is 0.328 e. The first-order valence-corrected chi connectivity index (χ1v) is 8.98. The van der Waals surface area contributed by atoms with Crippen LogP contribution in [-0.4, -0.2) is 29.8 Å². The Labute approximate surface area is 138 Å². The molecule has 0 radical (unpaired) electrons. The van der Waals surface area contributed by atoms with Crippen molar-refractivity contribution in [1.29, 1.82) is 0 Å². The second-order valence-electron chi connectivity index (χ2n) is 8.04. The molecule has 124 valence electrons. The molecule has 4 saturated carbocycles. The lowest BCUT2D eigenvalue weighted by Gasteiger charge is -2.57. The first-order chi connectivity index (χ1) is 10.4. The molecule has 1 unspecified atom stereocenters. The van der Waals surface area contributed by atoms with Gasteiger partial charge in [0, 0.05) is 5.54 Å². The van der Waals surface area contributed by atoms with Gasteiger partial charge in [0.15, 0.2) is 5.11 Å². The molecule has 0 spiro atoms. The minimum Gasteiger partial charge on any atom is -0.467 e. The highest BCUT2D eigenvalue weighted by Crippen LogP contribution is 2.55. The van der Waals surface area contributed by atoms with Gasteiger partial charge in [-0.05, 0) is 74.4 Å². The van der Waals surface area contributed by atoms with Gasteiger partial charge in [-0.15, -0.1) is 0 Å². The van der Waals surface area contributed by atoms with Crippen molar-refractivity contribution in [2.45, 2.75) is 64.0 Å². The van der Waals surface area contributed by atoms with Crippen LogP contribution >= 0.6 is 12.2 Å². The van der Waals surface area contributed by atoms with Crippen LogP contribution in [0.25, 0.3) is 0 Å². The molecule has 0 aromatic rings. The molecule has 0 saturated heterocycles. The second-order valence-corrected chi connectivity index (χ2v) is 8.45. The summed E-state index contributed by atoms with van der Waals surface area (Å²) in [6.45, 7) is 4.00. The third-order valence-corrected chi connectivity index (χ3v) is 6.05. The number of carbonyl (C=O) groups excluding carboxylic acids is 1. The Balaban J connectivity index is 1.63. The largest absolute Gasteiger partial charge is 0.467 e. The molecular formula is C17H28N2O2S. The van der Waals surface area contributed by atoms with E-state index in [9.17, 15) is 4.79 Å². The van der Waals surface area contributed by atoms with Crippen molar-refractivity contribution >= 4 is 23.3 Å². The Morgan fingerprint density at radius 2 is 1.64 bits per heavy atom. The number of methoxy groups -OCH3 is 1. The van der Waals surface area contributed by atoms with Gasteiger partial charge in [-0.25, -0.2) is 4.79 Å². The predicted octanol–water partition coefficient (Wildman–Crippen LogP) is 2.62. The van der Waals surface area contributed by atoms with Crippen LogP contribution in [0.15, 0.2) is 0 Å². The third-order valence-electron chi connectivity index (χ3n) is 5.83. The second kappa shape index (κ2) is 5.99. The lowest BCUT2D eigenvalue weighted by molar-refractivity contribution is -0.143. The Morgan fingerprint density at radius 1 is 1.14 bits per heavy atom. The SMILES string of the molecule is COC(=O)C(NC(=S)NC12CC3CC(CC(C3)C1)C2)C(C)C. The van der Waals surface area contributed by atoms with Crippen LogP contribution in [0.1, 0.15) is 52.4 Å². The fourth-order valence-corrected chi connectivity index (χ4v) is 5.65. The summed E-state index contributed by atoms with van der Waals surface area (Å²) in [4.78, 5) is 11.9. The summed E-state index contributed by atoms with van der Waals surface area (Å²) in [6.07, 6.45) is 7.97. The summed E-state index contributed by atoms with van der Waals surface area (Å²) in [7, 11) is 1.43. The van der Waals surface area contributed by atoms with E-state index in [0.717, 1.165) is 17.8 Å². The van der Waals surface area contributed by atoms with Crippen LogP contribution in [0.5, 0.6) is 0 Å². The lowest BCUT2D eigenvalue weighted by Crippen LogP contribution is -2.62. The molecule has 4 aliphatic carbocycles. The topological polar surface area (TPSA) is 50.4 Å². The molecule has 4 aliphatic rings. The fourth-order valence-electron chi connectivity index (χ4n) is 5.31. The van der Waals surface area contributed by atoms with E-state index in [0.29, 0.717) is 5.11 Å². The molecule has 4 fully saturated rings. The number of esters is 1. The summed E-state index contributed by atoms with van der Waals surface area (Å²) in [5, 5.41) is 7.41. The molecule has 4 nitrogen and oxygen atoms in total. The van der Waals surface area contributed by atoms with Crippen LogP contribution in [0, 0.1) is 23.7 Å². The van der Waals surface area contributed by atoms with Gasteiger partial charge < -0.3 is 15.4 Å². The normalized spacial score (nSPS) is 37.0. The van der Waals surface area contributed by atoms with Gasteiger partial charge in [0.1, 0.15) is 6.04 Å². The minimum absolute atomic E-state index is 0.142. The molecular weight excluding hydrogens is 296 g/mol. The Bertz CT molecular complexity index is 428. The first kappa shape index (κ1) is 16.0. The van der Waals surface area contributed by atoms with Crippen LogP contribution < -0.4 is 10.6 Å². The van der Waals surface area contributed by atoms with Crippen molar-refractivity contribution in [3.8, 4) is 0 Å². The van der Waals surface area contributed by atoms with Gasteiger partial charge in [0.2, 0.25) is 0 Å². The van der Waals surface area contributed by atoms with Crippen LogP contribution in [0.2, 0.25) is 0 Å². The van der Waals surface area contributed by atoms with E-state index in [1.54, 1.807) is 0 Å². The minimum atomic E-state index is -0.376. The molecule has 0 aliphatic heterocycles. The Morgan fingerprint density at radius 3 is 2.05 bits per heavy atom. The van der Waals surface area contributed by atoms with Crippen molar-refractivity contribution in [2.24, 2.45) is 23.7 Å². The number of rotatable bonds is 4. The number of hydrogen-bond acceptors (Lipinski definition) is 3. The monoisotopic (exact) mass is 324 g/mol. The Kier molecular flexibility index (Phi) is 4.36. The summed E-state index contributed by atoms with van der Waals surface area (Å²) < 4.78 is 4.88. The van der Waals surface area contributed by atoms with Crippen molar-refractivity contribution in [2.75, 3.05) is 7.11 Å². The summed E-state index contributed by atoms with van der Waals surface area (Å²) in [6, 6.07) is -0.376. The molecule has 0 heterocycles. The van der Waals surface area contributed by atoms with Crippen molar-refractivity contribution in [3.05, 3.63) is 0 Å². The lowest BCUT2D eigenvalue weighted by atomic mass is 9.53. The zero-order chi connectivity index (χ0) is 15.9. The van der Waals surface area contributed by atoms with Crippen molar-refractivity contribution in [1.82, 2.24) is 10.6 Å². The molecule has 1 atom stereocenters. The number of carbonyl (C=O) groups is 1. The van der Waals surface area contributed by atoms with Gasteiger partial charge in [-0.3, -0.25) is 0 Å². The number of thiocarbonyl (C=S) groups is 1. The summed E-state index contributed by atoms with van der Waals surface area (Å²) in [5.41, 5.74) is 0.177. The molecule has 0 amide bonds. The maximum Gasteiger partial charge on any atom is 0.328 e. The van der Waals surface area contributed by atoms with E-state index in [-0.39, 0.29) is 23.5 Å². The van der Waals surface area contributed by atoms with Crippen molar-refractivity contribution in [3.63, 3.8) is 0 Å². The highest BCUT2D eigenvalue weighted by molar-refractivity contribution is 7.80. The van der Waals surface area contributed by atoms with E-state index in [1.807, 2.05) is 13.8 Å². The van der Waals surface area contributed by atoms with E-state index in [1.165, 1.54) is 45.6 Å². The van der Waals surface area contributed by atoms with Crippen molar-refractivity contribution < 1.29 is 9.53 Å². The van der Waals surface area contributed by atoms with E-state index >= 15 is 0 Å². The average Bonchev–Trinajstić information content (AvgIpc) is 2.41. The maximum absolute atomic E-state index is 11.9. The van der Waals surface area contributed by atoms with Gasteiger partial charge in [-0.2, -0.15) is 0 Å². The molecule has 4 rings (SSSR count). The van der Waals surface area contributed by atoms with Gasteiger partial charge in [0.25, 0.3) is 0 Å². The highest BCUT2D eigenvalue weighted by Gasteiger charge is 2.51. The molecule has 2 N–H and O–H groups in total. The van der Waals surface area contributed by atoms with Crippen LogP contribution in [-0.2, 0) is 9.53 Å². The Hall–Kier alpha value is -0.840. The van der Waals surface area contributed by atoms with Crippen LogP contribution in [0.4, 0.5) is 0 Å². The average molecular weight is 324 g/mol. The predicted molar refractivity (Wildman–Crippen MR) is 90.4 cm³/mol. The van der Waals surface area contributed by atoms with Gasteiger partial charge >= 0.3 is 5.97 Å². The van der Waals surface area contributed by atoms with E-state index < -0.39 is 0 Å². The maximum atomic E-state index is 11.9. The molecule has 5 heteroatoms. The molecule has 0 aromatic heterocycles. The van der Waals surface area contributed by atoms with Crippen LogP contribution in [0.3, 0.4) is 0 Å². The van der Waals surface area contributed by atoms with E-state index in [2.05, 4.69) is 10.6 Å². The summed E-state index contributed by atoms with van der Waals surface area (Å²) >= 11 is 5.52. The highest BCUT2D eigenvalue weighted by atomic mass is 32.1. The van der Waals surface area contributed by atoms with Gasteiger partial charge in [0.05, 0.1) is 7.11 Å². The zero-order valence-corrected chi connectivity index (χ0v) is 14.7. The number of ether oxygens (including phenoxy) is 1. The first-order valence-electron chi connectivity index (χ1n) is 8.57. The molecule has 4 bridgehead atoms. The third kappa shape index (κ3) is 3.10. The quantitative estimate of drug-likeness (QED) is 0.615. The fraction of sp³-hybridized carbons (Fsp3) is 0.882. The zero-order valence-electron chi connectivity index (χ0n) is 13.9. The number of hydrogen-bond donors (Lipinski definition) is 2. The number of nitrogens with one attached hydrogen (secondary N) is 2. The van der Waals surface area contributed by atoms with E-state index in [4.69, 9.17) is 17.0 Å². The summed E-state index contributed by atoms with van der Waals surface area (Å²) in [5.74, 6) is 2.53. The van der Waals surface area contributed by atoms with Gasteiger partial charge in [-0.1, -0.05) is 13.8 Å². The molecule has 22 heavy (non-hydrogen) atoms. The molecule has 0 aromatic carbocycles.